The molecule has 124 valence electrons. The third-order valence-corrected chi connectivity index (χ3v) is 6.15. The van der Waals surface area contributed by atoms with Crippen molar-refractivity contribution in [3.05, 3.63) is 36.0 Å². The van der Waals surface area contributed by atoms with Gasteiger partial charge in [-0.1, -0.05) is 18.2 Å². The second-order valence-electron chi connectivity index (χ2n) is 7.57. The van der Waals surface area contributed by atoms with Crippen LogP contribution in [0.1, 0.15) is 44.3 Å². The molecule has 1 aliphatic heterocycles. The molecule has 2 fully saturated rings. The summed E-state index contributed by atoms with van der Waals surface area (Å²) in [5.41, 5.74) is 2.73. The van der Waals surface area contributed by atoms with Gasteiger partial charge in [-0.15, -0.1) is 0 Å². The lowest BCUT2D eigenvalue weighted by Gasteiger charge is -2.44. The molecule has 0 bridgehead atoms. The van der Waals surface area contributed by atoms with Crippen molar-refractivity contribution in [2.24, 2.45) is 5.92 Å². The van der Waals surface area contributed by atoms with Gasteiger partial charge in [0, 0.05) is 36.4 Å². The number of aromatic nitrogens is 1. The van der Waals surface area contributed by atoms with Crippen molar-refractivity contribution in [1.82, 2.24) is 9.47 Å². The summed E-state index contributed by atoms with van der Waals surface area (Å²) < 4.78 is 15.6. The summed E-state index contributed by atoms with van der Waals surface area (Å²) >= 11 is 0. The Labute approximate surface area is 138 Å². The third-order valence-electron chi connectivity index (χ3n) is 6.15. The Morgan fingerprint density at radius 2 is 1.78 bits per heavy atom. The van der Waals surface area contributed by atoms with Gasteiger partial charge in [-0.05, 0) is 63.0 Å². The van der Waals surface area contributed by atoms with E-state index in [4.69, 9.17) is 0 Å². The lowest BCUT2D eigenvalue weighted by Crippen LogP contribution is -2.54. The van der Waals surface area contributed by atoms with Crippen LogP contribution in [0.25, 0.3) is 10.9 Å². The van der Waals surface area contributed by atoms with Gasteiger partial charge in [-0.2, -0.15) is 0 Å². The van der Waals surface area contributed by atoms with E-state index in [9.17, 15) is 4.39 Å². The van der Waals surface area contributed by atoms with E-state index >= 15 is 0 Å². The van der Waals surface area contributed by atoms with Gasteiger partial charge in [0.25, 0.3) is 0 Å². The minimum Gasteiger partial charge on any atom is -0.342 e. The highest BCUT2D eigenvalue weighted by Crippen LogP contribution is 2.38. The fourth-order valence-corrected chi connectivity index (χ4v) is 4.77. The number of aryl methyl sites for hydroxylation is 1. The molecular weight excluding hydrogens is 287 g/mol. The molecule has 2 nitrogen and oxygen atoms in total. The van der Waals surface area contributed by atoms with Gasteiger partial charge in [-0.3, -0.25) is 4.90 Å². The number of para-hydroxylation sites is 1. The topological polar surface area (TPSA) is 8.17 Å². The maximum atomic E-state index is 13.1. The largest absolute Gasteiger partial charge is 0.342 e. The quantitative estimate of drug-likeness (QED) is 0.795. The molecule has 0 N–H and O–H groups in total. The first kappa shape index (κ1) is 15.2. The molecule has 3 heteroatoms. The number of hydrogen-bond acceptors (Lipinski definition) is 1. The van der Waals surface area contributed by atoms with E-state index in [1.807, 2.05) is 0 Å². The predicted molar refractivity (Wildman–Crippen MR) is 93.6 cm³/mol. The average molecular weight is 314 g/mol. The number of hydrogen-bond donors (Lipinski definition) is 0. The van der Waals surface area contributed by atoms with Gasteiger partial charge < -0.3 is 4.57 Å². The maximum Gasteiger partial charge on any atom is 0.125 e. The van der Waals surface area contributed by atoms with Crippen LogP contribution in [0.2, 0.25) is 0 Å². The van der Waals surface area contributed by atoms with Crippen LogP contribution in [0.5, 0.6) is 0 Å². The molecule has 23 heavy (non-hydrogen) atoms. The number of nitrogens with zero attached hydrogens (tertiary/aromatic N) is 2. The number of halogens is 1. The molecule has 1 aromatic heterocycles. The first-order chi connectivity index (χ1) is 11.1. The lowest BCUT2D eigenvalue weighted by molar-refractivity contribution is 0.00543. The van der Waals surface area contributed by atoms with Crippen LogP contribution in [0.4, 0.5) is 4.39 Å². The van der Waals surface area contributed by atoms with E-state index in [2.05, 4.69) is 53.6 Å². The number of rotatable bonds is 3. The van der Waals surface area contributed by atoms with Gasteiger partial charge in [0.15, 0.2) is 0 Å². The van der Waals surface area contributed by atoms with Crippen molar-refractivity contribution in [1.29, 1.82) is 0 Å². The molecule has 1 saturated carbocycles. The normalized spacial score (nSPS) is 28.0. The number of likely N-dealkylation sites (tertiary alicyclic amines) is 1. The molecule has 0 amide bonds. The van der Waals surface area contributed by atoms with Crippen molar-refractivity contribution < 1.29 is 4.39 Å². The smallest absolute Gasteiger partial charge is 0.125 e. The SMILES string of the molecule is Cc1cc2ccccc2n1C(C)C1CCC(N2CC(F)C2)CC1. The first-order valence-electron chi connectivity index (χ1n) is 9.08. The zero-order valence-electron chi connectivity index (χ0n) is 14.2. The van der Waals surface area contributed by atoms with Crippen LogP contribution < -0.4 is 0 Å². The number of benzene rings is 1. The molecule has 2 heterocycles. The number of fused-ring (bicyclic) bond motifs is 1. The fourth-order valence-electron chi connectivity index (χ4n) is 4.77. The molecule has 2 aliphatic rings. The highest BCUT2D eigenvalue weighted by Gasteiger charge is 2.35. The zero-order valence-corrected chi connectivity index (χ0v) is 14.2. The molecule has 0 radical (unpaired) electrons. The molecule has 1 aromatic carbocycles. The van der Waals surface area contributed by atoms with Crippen molar-refractivity contribution in [3.8, 4) is 0 Å². The third kappa shape index (κ3) is 2.69. The summed E-state index contributed by atoms with van der Waals surface area (Å²) in [5, 5.41) is 1.35. The summed E-state index contributed by atoms with van der Waals surface area (Å²) in [6, 6.07) is 12.2. The Morgan fingerprint density at radius 3 is 2.48 bits per heavy atom. The molecule has 1 atom stereocenters. The van der Waals surface area contributed by atoms with Gasteiger partial charge in [0.05, 0.1) is 0 Å². The van der Waals surface area contributed by atoms with Crippen molar-refractivity contribution in [2.75, 3.05) is 13.1 Å². The molecule has 4 rings (SSSR count). The second-order valence-corrected chi connectivity index (χ2v) is 7.57. The van der Waals surface area contributed by atoms with Crippen molar-refractivity contribution in [2.45, 2.75) is 57.8 Å². The van der Waals surface area contributed by atoms with Crippen LogP contribution >= 0.6 is 0 Å². The Hall–Kier alpha value is -1.35. The molecule has 0 spiro atoms. The van der Waals surface area contributed by atoms with E-state index in [0.717, 1.165) is 5.92 Å². The molecular formula is C20H27FN2. The Kier molecular flexibility index (Phi) is 3.92. The highest BCUT2D eigenvalue weighted by atomic mass is 19.1. The monoisotopic (exact) mass is 314 g/mol. The predicted octanol–water partition coefficient (Wildman–Crippen LogP) is 4.72. The Morgan fingerprint density at radius 1 is 1.09 bits per heavy atom. The summed E-state index contributed by atoms with van der Waals surface area (Å²) in [5.74, 6) is 0.739. The van der Waals surface area contributed by atoms with E-state index in [1.54, 1.807) is 0 Å². The summed E-state index contributed by atoms with van der Waals surface area (Å²) in [6.45, 7) is 5.95. The van der Waals surface area contributed by atoms with Crippen LogP contribution in [0.15, 0.2) is 30.3 Å². The van der Waals surface area contributed by atoms with E-state index in [0.29, 0.717) is 25.2 Å². The highest BCUT2D eigenvalue weighted by molar-refractivity contribution is 5.81. The van der Waals surface area contributed by atoms with Crippen LogP contribution in [-0.2, 0) is 0 Å². The molecule has 2 aromatic rings. The van der Waals surface area contributed by atoms with Gasteiger partial charge in [0.1, 0.15) is 6.17 Å². The van der Waals surface area contributed by atoms with Gasteiger partial charge in [-0.25, -0.2) is 4.39 Å². The Balaban J connectivity index is 1.47. The maximum absolute atomic E-state index is 13.1. The fraction of sp³-hybridized carbons (Fsp3) is 0.600. The number of alkyl halides is 1. The van der Waals surface area contributed by atoms with Crippen LogP contribution in [0.3, 0.4) is 0 Å². The Bertz CT molecular complexity index is 678. The zero-order chi connectivity index (χ0) is 16.0. The minimum atomic E-state index is -0.569. The lowest BCUT2D eigenvalue weighted by atomic mass is 9.80. The summed E-state index contributed by atoms with van der Waals surface area (Å²) in [4.78, 5) is 2.35. The van der Waals surface area contributed by atoms with Gasteiger partial charge >= 0.3 is 0 Å². The second kappa shape index (κ2) is 5.94. The van der Waals surface area contributed by atoms with Crippen LogP contribution in [-0.4, -0.2) is 34.8 Å². The average Bonchev–Trinajstić information content (AvgIpc) is 2.87. The van der Waals surface area contributed by atoms with Crippen molar-refractivity contribution >= 4 is 10.9 Å². The van der Waals surface area contributed by atoms with Crippen LogP contribution in [0, 0.1) is 12.8 Å². The first-order valence-corrected chi connectivity index (χ1v) is 9.08. The van der Waals surface area contributed by atoms with E-state index < -0.39 is 6.17 Å². The summed E-state index contributed by atoms with van der Waals surface area (Å²) in [7, 11) is 0. The minimum absolute atomic E-state index is 0.543. The molecule has 1 saturated heterocycles. The van der Waals surface area contributed by atoms with E-state index in [-0.39, 0.29) is 0 Å². The summed E-state index contributed by atoms with van der Waals surface area (Å²) in [6.07, 6.45) is 4.44. The van der Waals surface area contributed by atoms with Crippen molar-refractivity contribution in [3.63, 3.8) is 0 Å². The standard InChI is InChI=1S/C20H27FN2/c1-14-11-17-5-3-4-6-20(17)23(14)15(2)16-7-9-19(10-8-16)22-12-18(21)13-22/h3-6,11,15-16,18-19H,7-10,12-13H2,1-2H3. The van der Waals surface area contributed by atoms with Gasteiger partial charge in [0.2, 0.25) is 0 Å². The van der Waals surface area contributed by atoms with E-state index in [1.165, 1.54) is 42.3 Å². The molecule has 1 unspecified atom stereocenters. The molecule has 1 aliphatic carbocycles.